The molecule has 0 aliphatic heterocycles. The van der Waals surface area contributed by atoms with Gasteiger partial charge in [0.25, 0.3) is 0 Å². The van der Waals surface area contributed by atoms with Crippen LogP contribution in [0.25, 0.3) is 0 Å². The Balaban J connectivity index is 4.30. The second-order valence-corrected chi connectivity index (χ2v) is 4.57. The molecule has 0 aromatic heterocycles. The van der Waals surface area contributed by atoms with Crippen molar-refractivity contribution in [1.29, 1.82) is 5.41 Å². The van der Waals surface area contributed by atoms with Crippen molar-refractivity contribution < 1.29 is 4.65 Å². The first-order valence-electron chi connectivity index (χ1n) is 5.30. The summed E-state index contributed by atoms with van der Waals surface area (Å²) in [5.41, 5.74) is 0.694. The zero-order valence-corrected chi connectivity index (χ0v) is 10.7. The van der Waals surface area contributed by atoms with Crippen molar-refractivity contribution in [3.63, 3.8) is 0 Å². The second-order valence-electron chi connectivity index (χ2n) is 4.57. The average Bonchev–Trinajstić information content (AvgIpc) is 2.17. The maximum absolute atomic E-state index is 7.29. The first-order chi connectivity index (χ1) is 6.85. The Hall–Kier alpha value is -0.635. The summed E-state index contributed by atoms with van der Waals surface area (Å²) in [7, 11) is 3.43. The lowest BCUT2D eigenvalue weighted by Gasteiger charge is -2.31. The van der Waals surface area contributed by atoms with E-state index in [1.807, 2.05) is 20.8 Å². The molecule has 0 aromatic rings. The molecule has 0 bridgehead atoms. The Bertz CT molecular complexity index is 237. The Morgan fingerprint density at radius 2 is 2.00 bits per heavy atom. The summed E-state index contributed by atoms with van der Waals surface area (Å²) in [6, 6.07) is 0. The van der Waals surface area contributed by atoms with Crippen LogP contribution in [0.4, 0.5) is 0 Å². The van der Waals surface area contributed by atoms with Gasteiger partial charge in [-0.05, 0) is 32.9 Å². The lowest BCUT2D eigenvalue weighted by Crippen LogP contribution is -2.34. The van der Waals surface area contributed by atoms with Crippen LogP contribution in [-0.2, 0) is 4.65 Å². The summed E-state index contributed by atoms with van der Waals surface area (Å²) in [5, 5.41) is 7.29. The average molecular weight is 209 g/mol. The van der Waals surface area contributed by atoms with E-state index in [0.29, 0.717) is 5.92 Å². The Kier molecular flexibility index (Phi) is 5.80. The van der Waals surface area contributed by atoms with Gasteiger partial charge in [0, 0.05) is 24.2 Å². The zero-order valence-electron chi connectivity index (χ0n) is 10.7. The predicted octanol–water partition coefficient (Wildman–Crippen LogP) is 2.59. The summed E-state index contributed by atoms with van der Waals surface area (Å²) in [4.78, 5) is 4.06. The Morgan fingerprint density at radius 1 is 1.47 bits per heavy atom. The van der Waals surface area contributed by atoms with Crippen LogP contribution >= 0.6 is 0 Å². The molecule has 0 aliphatic carbocycles. The van der Waals surface area contributed by atoms with Gasteiger partial charge in [-0.3, -0.25) is 4.99 Å². The van der Waals surface area contributed by atoms with E-state index >= 15 is 0 Å². The number of nitrogens with zero attached hydrogens (tertiary/aromatic N) is 1. The molecule has 1 N–H and O–H groups in total. The fourth-order valence-electron chi connectivity index (χ4n) is 0.792. The fraction of sp³-hybridized carbons (Fsp3) is 0.818. The molecule has 4 heteroatoms. The van der Waals surface area contributed by atoms with Gasteiger partial charge >= 0.3 is 7.48 Å². The molecule has 0 saturated carbocycles. The highest BCUT2D eigenvalue weighted by atomic mass is 16.5. The van der Waals surface area contributed by atoms with Crippen LogP contribution in [0, 0.1) is 11.3 Å². The van der Waals surface area contributed by atoms with Crippen molar-refractivity contribution in [2.24, 2.45) is 10.9 Å². The van der Waals surface area contributed by atoms with Crippen LogP contribution in [-0.4, -0.2) is 32.1 Å². The number of hydrogen-bond donors (Lipinski definition) is 1. The maximum atomic E-state index is 7.29. The van der Waals surface area contributed by atoms with Gasteiger partial charge in [-0.1, -0.05) is 13.8 Å². The first-order valence-corrected chi connectivity index (χ1v) is 5.30. The third-order valence-corrected chi connectivity index (χ3v) is 2.92. The highest BCUT2D eigenvalue weighted by molar-refractivity contribution is 6.45. The molecule has 3 nitrogen and oxygen atoms in total. The fourth-order valence-corrected chi connectivity index (χ4v) is 0.792. The molecule has 0 saturated heterocycles. The van der Waals surface area contributed by atoms with Crippen LogP contribution < -0.4 is 0 Å². The summed E-state index contributed by atoms with van der Waals surface area (Å²) in [6.45, 7) is 10.2. The van der Waals surface area contributed by atoms with Gasteiger partial charge in [0.05, 0.1) is 0 Å². The summed E-state index contributed by atoms with van der Waals surface area (Å²) < 4.78 is 5.71. The smallest absolute Gasteiger partial charge is 0.308 e. The predicted molar refractivity (Wildman–Crippen MR) is 67.3 cm³/mol. The van der Waals surface area contributed by atoms with E-state index in [-0.39, 0.29) is 11.4 Å². The molecule has 1 radical (unpaired) electrons. The molecule has 0 aliphatic rings. The minimum atomic E-state index is -0.199. The molecule has 85 valence electrons. The van der Waals surface area contributed by atoms with Crippen molar-refractivity contribution in [3.8, 4) is 0 Å². The van der Waals surface area contributed by atoms with Crippen LogP contribution in [0.5, 0.6) is 0 Å². The SMILES string of the molecule is CN=C(C)C([B]OC(C)(C)C(C)C)C=N. The number of hydrogen-bond acceptors (Lipinski definition) is 3. The maximum Gasteiger partial charge on any atom is 0.308 e. The molecular formula is C11H22BN2O. The summed E-state index contributed by atoms with van der Waals surface area (Å²) >= 11 is 0. The molecule has 0 amide bonds. The number of aliphatic imine (C=N–C) groups is 1. The van der Waals surface area contributed by atoms with Crippen LogP contribution in [0.15, 0.2) is 4.99 Å². The zero-order chi connectivity index (χ0) is 12.1. The third kappa shape index (κ3) is 4.60. The standard InChI is InChI=1S/C11H22BN2O/c1-8(2)11(4,5)15-12-10(7-13)9(3)14-6/h7-8,10,13H,1-6H3. The molecular weight excluding hydrogens is 187 g/mol. The molecule has 0 heterocycles. The van der Waals surface area contributed by atoms with Crippen LogP contribution in [0.2, 0.25) is 5.82 Å². The Morgan fingerprint density at radius 3 is 2.33 bits per heavy atom. The quantitative estimate of drug-likeness (QED) is 0.530. The topological polar surface area (TPSA) is 45.4 Å². The van der Waals surface area contributed by atoms with Gasteiger partial charge < -0.3 is 10.1 Å². The summed E-state index contributed by atoms with van der Waals surface area (Å²) in [5.74, 6) is 0.312. The third-order valence-electron chi connectivity index (χ3n) is 2.92. The normalized spacial score (nSPS) is 15.3. The summed E-state index contributed by atoms with van der Waals surface area (Å²) in [6.07, 6.45) is 1.35. The van der Waals surface area contributed by atoms with Crippen LogP contribution in [0.3, 0.4) is 0 Å². The number of nitrogens with one attached hydrogen (secondary N) is 1. The van der Waals surface area contributed by atoms with Gasteiger partial charge in [0.2, 0.25) is 0 Å². The van der Waals surface area contributed by atoms with E-state index in [2.05, 4.69) is 18.8 Å². The minimum absolute atomic E-state index is 0.118. The largest absolute Gasteiger partial charge is 0.434 e. The van der Waals surface area contributed by atoms with E-state index in [4.69, 9.17) is 10.1 Å². The first kappa shape index (κ1) is 14.4. The van der Waals surface area contributed by atoms with E-state index in [9.17, 15) is 0 Å². The highest BCUT2D eigenvalue weighted by Gasteiger charge is 2.25. The van der Waals surface area contributed by atoms with Gasteiger partial charge in [-0.25, -0.2) is 0 Å². The second kappa shape index (κ2) is 6.06. The highest BCUT2D eigenvalue weighted by Crippen LogP contribution is 2.21. The molecule has 0 rings (SSSR count). The van der Waals surface area contributed by atoms with Crippen molar-refractivity contribution >= 4 is 19.4 Å². The van der Waals surface area contributed by atoms with Gasteiger partial charge in [-0.15, -0.1) is 0 Å². The minimum Gasteiger partial charge on any atom is -0.434 e. The Labute approximate surface area is 94.1 Å². The van der Waals surface area contributed by atoms with Crippen molar-refractivity contribution in [2.75, 3.05) is 7.05 Å². The van der Waals surface area contributed by atoms with E-state index in [1.54, 1.807) is 14.5 Å². The molecule has 0 spiro atoms. The van der Waals surface area contributed by atoms with Crippen molar-refractivity contribution in [2.45, 2.75) is 46.0 Å². The lowest BCUT2D eigenvalue weighted by atomic mass is 9.76. The van der Waals surface area contributed by atoms with E-state index < -0.39 is 0 Å². The van der Waals surface area contributed by atoms with E-state index in [0.717, 1.165) is 5.71 Å². The van der Waals surface area contributed by atoms with Gasteiger partial charge in [0.1, 0.15) is 0 Å². The number of rotatable bonds is 6. The molecule has 15 heavy (non-hydrogen) atoms. The van der Waals surface area contributed by atoms with Crippen molar-refractivity contribution in [1.82, 2.24) is 0 Å². The van der Waals surface area contributed by atoms with Gasteiger partial charge in [0.15, 0.2) is 0 Å². The van der Waals surface area contributed by atoms with Crippen LogP contribution in [0.1, 0.15) is 34.6 Å². The molecule has 0 fully saturated rings. The monoisotopic (exact) mass is 209 g/mol. The molecule has 1 atom stereocenters. The van der Waals surface area contributed by atoms with E-state index in [1.165, 1.54) is 6.21 Å². The molecule has 1 unspecified atom stereocenters. The van der Waals surface area contributed by atoms with Crippen molar-refractivity contribution in [3.05, 3.63) is 0 Å². The molecule has 0 aromatic carbocycles. The lowest BCUT2D eigenvalue weighted by molar-refractivity contribution is 0.0642. The van der Waals surface area contributed by atoms with Gasteiger partial charge in [-0.2, -0.15) is 0 Å².